The number of nitrogens with one attached hydrogen (secondary N) is 1. The molecule has 0 saturated carbocycles. The summed E-state index contributed by atoms with van der Waals surface area (Å²) in [4.78, 5) is 24.5. The van der Waals surface area contributed by atoms with Crippen LogP contribution in [0.25, 0.3) is 0 Å². The van der Waals surface area contributed by atoms with E-state index in [1.807, 2.05) is 0 Å². The zero-order chi connectivity index (χ0) is 45.8. The topological polar surface area (TPSA) is 95.9 Å². The predicted molar refractivity (Wildman–Crippen MR) is 273 cm³/mol. The Hall–Kier alpha value is -1.66. The average molecular weight is 889 g/mol. The van der Waals surface area contributed by atoms with E-state index >= 15 is 0 Å². The normalized spacial score (nSPS) is 12.8. The van der Waals surface area contributed by atoms with Crippen LogP contribution in [0.2, 0.25) is 0 Å². The van der Waals surface area contributed by atoms with Crippen molar-refractivity contribution < 1.29 is 24.5 Å². The molecule has 6 heteroatoms. The van der Waals surface area contributed by atoms with Crippen LogP contribution in [0.4, 0.5) is 0 Å². The summed E-state index contributed by atoms with van der Waals surface area (Å²) in [7, 11) is 0. The first kappa shape index (κ1) is 61.3. The van der Waals surface area contributed by atoms with Gasteiger partial charge in [-0.05, 0) is 77.0 Å². The van der Waals surface area contributed by atoms with Gasteiger partial charge in [0.1, 0.15) is 0 Å². The molecular weight excluding hydrogens is 779 g/mol. The number of unbranched alkanes of at least 4 members (excludes halogenated alkanes) is 37. The largest absolute Gasteiger partial charge is 0.466 e. The molecule has 0 fully saturated rings. The number of aliphatic hydroxyl groups is 2. The van der Waals surface area contributed by atoms with Crippen LogP contribution in [-0.4, -0.2) is 47.4 Å². The van der Waals surface area contributed by atoms with E-state index in [9.17, 15) is 19.8 Å². The second-order valence-electron chi connectivity index (χ2n) is 19.3. The summed E-state index contributed by atoms with van der Waals surface area (Å²) >= 11 is 0. The molecule has 0 heterocycles. The van der Waals surface area contributed by atoms with Crippen molar-refractivity contribution in [2.24, 2.45) is 0 Å². The number of amides is 1. The van der Waals surface area contributed by atoms with E-state index in [4.69, 9.17) is 4.74 Å². The van der Waals surface area contributed by atoms with Crippen molar-refractivity contribution in [3.8, 4) is 0 Å². The highest BCUT2D eigenvalue weighted by Gasteiger charge is 2.20. The van der Waals surface area contributed by atoms with E-state index < -0.39 is 12.1 Å². The van der Waals surface area contributed by atoms with E-state index in [1.165, 1.54) is 193 Å². The number of rotatable bonds is 52. The van der Waals surface area contributed by atoms with Crippen molar-refractivity contribution in [3.05, 3.63) is 24.3 Å². The Balaban J connectivity index is 3.52. The molecule has 0 spiro atoms. The molecule has 0 bridgehead atoms. The fourth-order valence-corrected chi connectivity index (χ4v) is 8.63. The third-order valence-electron chi connectivity index (χ3n) is 13.0. The molecule has 0 aromatic heterocycles. The number of esters is 1. The van der Waals surface area contributed by atoms with Gasteiger partial charge < -0.3 is 20.3 Å². The summed E-state index contributed by atoms with van der Waals surface area (Å²) in [5, 5.41) is 23.3. The second kappa shape index (κ2) is 53.0. The number of aliphatic hydroxyl groups excluding tert-OH is 2. The molecular formula is C57H109NO5. The monoisotopic (exact) mass is 888 g/mol. The molecule has 0 saturated heterocycles. The van der Waals surface area contributed by atoms with Gasteiger partial charge in [-0.3, -0.25) is 9.59 Å². The van der Waals surface area contributed by atoms with Crippen LogP contribution in [0.3, 0.4) is 0 Å². The van der Waals surface area contributed by atoms with Gasteiger partial charge in [0.15, 0.2) is 0 Å². The lowest BCUT2D eigenvalue weighted by Gasteiger charge is -2.22. The molecule has 0 aliphatic heterocycles. The number of allylic oxidation sites excluding steroid dienone is 4. The van der Waals surface area contributed by atoms with Crippen LogP contribution >= 0.6 is 0 Å². The molecule has 2 unspecified atom stereocenters. The Labute approximate surface area is 392 Å². The maximum Gasteiger partial charge on any atom is 0.305 e. The molecule has 0 radical (unpaired) electrons. The number of hydrogen-bond donors (Lipinski definition) is 3. The third kappa shape index (κ3) is 49.6. The quantitative estimate of drug-likeness (QED) is 0.0321. The number of carbonyl (C=O) groups excluding carboxylic acids is 2. The smallest absolute Gasteiger partial charge is 0.305 e. The fourth-order valence-electron chi connectivity index (χ4n) is 8.63. The van der Waals surface area contributed by atoms with E-state index in [0.29, 0.717) is 25.9 Å². The minimum atomic E-state index is -0.687. The molecule has 0 aromatic carbocycles. The third-order valence-corrected chi connectivity index (χ3v) is 13.0. The van der Waals surface area contributed by atoms with Gasteiger partial charge in [-0.1, -0.05) is 237 Å². The Morgan fingerprint density at radius 3 is 1.13 bits per heavy atom. The number of ether oxygens (including phenoxy) is 1. The van der Waals surface area contributed by atoms with E-state index in [1.54, 1.807) is 0 Å². The van der Waals surface area contributed by atoms with Gasteiger partial charge in [-0.25, -0.2) is 0 Å². The first-order chi connectivity index (χ1) is 31.0. The van der Waals surface area contributed by atoms with Crippen LogP contribution in [0, 0.1) is 0 Å². The molecule has 63 heavy (non-hydrogen) atoms. The molecule has 2 atom stereocenters. The Kier molecular flexibility index (Phi) is 51.6. The van der Waals surface area contributed by atoms with Gasteiger partial charge in [0, 0.05) is 12.8 Å². The molecule has 1 amide bonds. The van der Waals surface area contributed by atoms with Crippen LogP contribution in [-0.2, 0) is 14.3 Å². The molecule has 0 aliphatic rings. The van der Waals surface area contributed by atoms with Gasteiger partial charge >= 0.3 is 5.97 Å². The van der Waals surface area contributed by atoms with Crippen LogP contribution in [0.15, 0.2) is 24.3 Å². The van der Waals surface area contributed by atoms with Gasteiger partial charge in [0.25, 0.3) is 0 Å². The zero-order valence-electron chi connectivity index (χ0n) is 42.3. The van der Waals surface area contributed by atoms with Crippen molar-refractivity contribution in [1.29, 1.82) is 0 Å². The van der Waals surface area contributed by atoms with E-state index in [-0.39, 0.29) is 18.5 Å². The highest BCUT2D eigenvalue weighted by atomic mass is 16.5. The fraction of sp³-hybridized carbons (Fsp3) is 0.895. The molecule has 0 rings (SSSR count). The molecule has 0 aromatic rings. The molecule has 3 N–H and O–H groups in total. The predicted octanol–water partition coefficient (Wildman–Crippen LogP) is 17.1. The maximum atomic E-state index is 12.5. The Bertz CT molecular complexity index is 982. The standard InChI is InChI=1S/C57H109NO5/c1-3-5-7-9-11-13-15-17-19-21-22-23-24-25-27-29-33-37-41-45-49-55(60)54(53-59)58-56(61)50-46-42-38-34-31-32-36-40-44-48-52-63-57(62)51-47-43-39-35-30-28-26-20-18-16-14-12-10-8-6-4-2/h20,26,32,36,54-55,59-60H,3-19,21-25,27-31,33-35,37-53H2,1-2H3,(H,58,61)/b26-20-,36-32-. The van der Waals surface area contributed by atoms with Crippen molar-refractivity contribution in [1.82, 2.24) is 5.32 Å². The highest BCUT2D eigenvalue weighted by molar-refractivity contribution is 5.76. The molecule has 372 valence electrons. The summed E-state index contributed by atoms with van der Waals surface area (Å²) in [5.74, 6) is -0.112. The van der Waals surface area contributed by atoms with Crippen molar-refractivity contribution in [3.63, 3.8) is 0 Å². The maximum absolute atomic E-state index is 12.5. The Morgan fingerprint density at radius 2 is 0.746 bits per heavy atom. The van der Waals surface area contributed by atoms with Gasteiger partial charge in [-0.2, -0.15) is 0 Å². The first-order valence-electron chi connectivity index (χ1n) is 28.1. The molecule has 6 nitrogen and oxygen atoms in total. The van der Waals surface area contributed by atoms with E-state index in [0.717, 1.165) is 77.0 Å². The van der Waals surface area contributed by atoms with Crippen LogP contribution in [0.1, 0.15) is 303 Å². The van der Waals surface area contributed by atoms with Gasteiger partial charge in [-0.15, -0.1) is 0 Å². The second-order valence-corrected chi connectivity index (χ2v) is 19.3. The zero-order valence-corrected chi connectivity index (χ0v) is 42.3. The van der Waals surface area contributed by atoms with Crippen LogP contribution < -0.4 is 5.32 Å². The van der Waals surface area contributed by atoms with Crippen molar-refractivity contribution >= 4 is 11.9 Å². The minimum absolute atomic E-state index is 0.0431. The van der Waals surface area contributed by atoms with Gasteiger partial charge in [0.2, 0.25) is 5.91 Å². The summed E-state index contributed by atoms with van der Waals surface area (Å²) in [6.07, 6.45) is 63.1. The van der Waals surface area contributed by atoms with E-state index in [2.05, 4.69) is 43.5 Å². The van der Waals surface area contributed by atoms with Gasteiger partial charge in [0.05, 0.1) is 25.4 Å². The SMILES string of the molecule is CCCCCCCCC/C=C\CCCCCCCC(=O)OCCCC/C=C\CCCCCCC(=O)NC(CO)C(O)CCCCCCCCCCCCCCCCCCCCCC. The number of hydrogen-bond acceptors (Lipinski definition) is 5. The first-order valence-corrected chi connectivity index (χ1v) is 28.1. The minimum Gasteiger partial charge on any atom is -0.466 e. The highest BCUT2D eigenvalue weighted by Crippen LogP contribution is 2.17. The van der Waals surface area contributed by atoms with Crippen molar-refractivity contribution in [2.75, 3.05) is 13.2 Å². The summed E-state index contributed by atoms with van der Waals surface area (Å²) in [6, 6.07) is -0.568. The lowest BCUT2D eigenvalue weighted by atomic mass is 10.0. The Morgan fingerprint density at radius 1 is 0.429 bits per heavy atom. The lowest BCUT2D eigenvalue weighted by molar-refractivity contribution is -0.143. The lowest BCUT2D eigenvalue weighted by Crippen LogP contribution is -2.45. The molecule has 0 aliphatic carbocycles. The van der Waals surface area contributed by atoms with Crippen LogP contribution in [0.5, 0.6) is 0 Å². The summed E-state index contributed by atoms with van der Waals surface area (Å²) in [6.45, 7) is 4.87. The van der Waals surface area contributed by atoms with Crippen molar-refractivity contribution in [2.45, 2.75) is 315 Å². The summed E-state index contributed by atoms with van der Waals surface area (Å²) < 4.78 is 5.44. The summed E-state index contributed by atoms with van der Waals surface area (Å²) in [5.41, 5.74) is 0. The number of carbonyl (C=O) groups is 2. The average Bonchev–Trinajstić information content (AvgIpc) is 3.28.